The number of thioether (sulfide) groups is 1. The van der Waals surface area contributed by atoms with Crippen molar-refractivity contribution in [2.24, 2.45) is 0 Å². The highest BCUT2D eigenvalue weighted by Gasteiger charge is 2.17. The standard InChI is InChI=1S/C28H22ClN3O3S/c1-34-22-10-6-18(7-11-22)24-15-26(19-8-12-23(35-2)13-9-19)32-28(25(24)16-30)36-17-27(33)31-21-5-3-4-20(29)14-21/h3-15H,17H2,1-2H3,(H,31,33). The van der Waals surface area contributed by atoms with E-state index in [0.717, 1.165) is 22.4 Å². The highest BCUT2D eigenvalue weighted by molar-refractivity contribution is 8.00. The van der Waals surface area contributed by atoms with E-state index in [9.17, 15) is 10.1 Å². The summed E-state index contributed by atoms with van der Waals surface area (Å²) in [4.78, 5) is 17.4. The molecule has 180 valence electrons. The van der Waals surface area contributed by atoms with E-state index >= 15 is 0 Å². The van der Waals surface area contributed by atoms with Crippen LogP contribution in [0.25, 0.3) is 22.4 Å². The molecule has 4 aromatic rings. The van der Waals surface area contributed by atoms with Crippen LogP contribution in [0.3, 0.4) is 0 Å². The fourth-order valence-electron chi connectivity index (χ4n) is 3.54. The van der Waals surface area contributed by atoms with Crippen molar-refractivity contribution in [3.63, 3.8) is 0 Å². The van der Waals surface area contributed by atoms with Crippen LogP contribution in [0.15, 0.2) is 83.9 Å². The van der Waals surface area contributed by atoms with E-state index in [1.165, 1.54) is 11.8 Å². The van der Waals surface area contributed by atoms with Crippen LogP contribution in [0.4, 0.5) is 5.69 Å². The molecule has 0 atom stereocenters. The molecule has 0 saturated heterocycles. The van der Waals surface area contributed by atoms with Gasteiger partial charge in [-0.1, -0.05) is 41.6 Å². The number of ether oxygens (including phenoxy) is 2. The molecule has 0 unspecified atom stereocenters. The van der Waals surface area contributed by atoms with E-state index in [-0.39, 0.29) is 11.7 Å². The average molecular weight is 516 g/mol. The van der Waals surface area contributed by atoms with Crippen molar-refractivity contribution >= 4 is 35.0 Å². The Balaban J connectivity index is 1.70. The lowest BCUT2D eigenvalue weighted by molar-refractivity contribution is -0.113. The van der Waals surface area contributed by atoms with Gasteiger partial charge in [0.15, 0.2) is 0 Å². The first kappa shape index (κ1) is 25.1. The van der Waals surface area contributed by atoms with Gasteiger partial charge in [0.1, 0.15) is 22.6 Å². The van der Waals surface area contributed by atoms with Crippen LogP contribution in [0.2, 0.25) is 5.02 Å². The van der Waals surface area contributed by atoms with Gasteiger partial charge < -0.3 is 14.8 Å². The van der Waals surface area contributed by atoms with Gasteiger partial charge in [0.25, 0.3) is 0 Å². The normalized spacial score (nSPS) is 10.4. The van der Waals surface area contributed by atoms with Gasteiger partial charge in [-0.25, -0.2) is 4.98 Å². The zero-order chi connectivity index (χ0) is 25.5. The summed E-state index contributed by atoms with van der Waals surface area (Å²) >= 11 is 7.22. The second-order valence-electron chi connectivity index (χ2n) is 7.65. The lowest BCUT2D eigenvalue weighted by atomic mass is 9.99. The van der Waals surface area contributed by atoms with Gasteiger partial charge in [0, 0.05) is 21.8 Å². The summed E-state index contributed by atoms with van der Waals surface area (Å²) in [6, 6.07) is 26.1. The molecule has 3 aromatic carbocycles. The van der Waals surface area contributed by atoms with Gasteiger partial charge in [-0.3, -0.25) is 4.79 Å². The first-order valence-electron chi connectivity index (χ1n) is 10.9. The van der Waals surface area contributed by atoms with Gasteiger partial charge >= 0.3 is 0 Å². The van der Waals surface area contributed by atoms with Crippen molar-refractivity contribution in [1.82, 2.24) is 4.98 Å². The summed E-state index contributed by atoms with van der Waals surface area (Å²) in [5, 5.41) is 13.9. The maximum Gasteiger partial charge on any atom is 0.234 e. The minimum atomic E-state index is -0.228. The molecule has 1 heterocycles. The van der Waals surface area contributed by atoms with Gasteiger partial charge in [0.05, 0.1) is 31.2 Å². The predicted octanol–water partition coefficient (Wildman–Crippen LogP) is 6.69. The number of anilines is 1. The van der Waals surface area contributed by atoms with Crippen LogP contribution in [0.5, 0.6) is 11.5 Å². The molecule has 36 heavy (non-hydrogen) atoms. The minimum Gasteiger partial charge on any atom is -0.497 e. The van der Waals surface area contributed by atoms with Crippen molar-refractivity contribution in [3.8, 4) is 40.0 Å². The fraction of sp³-hybridized carbons (Fsp3) is 0.107. The van der Waals surface area contributed by atoms with E-state index < -0.39 is 0 Å². The first-order valence-corrected chi connectivity index (χ1v) is 12.3. The molecule has 0 radical (unpaired) electrons. The van der Waals surface area contributed by atoms with E-state index in [1.807, 2.05) is 54.6 Å². The second kappa shape index (κ2) is 11.6. The summed E-state index contributed by atoms with van der Waals surface area (Å²) in [6.45, 7) is 0. The van der Waals surface area contributed by atoms with Gasteiger partial charge in [-0.05, 0) is 66.2 Å². The number of nitrogens with one attached hydrogen (secondary N) is 1. The molecule has 0 saturated carbocycles. The topological polar surface area (TPSA) is 84.2 Å². The summed E-state index contributed by atoms with van der Waals surface area (Å²) in [6.07, 6.45) is 0. The molecule has 0 spiro atoms. The molecule has 0 aliphatic heterocycles. The maximum atomic E-state index is 12.6. The molecule has 0 aliphatic carbocycles. The third-order valence-electron chi connectivity index (χ3n) is 5.33. The zero-order valence-electron chi connectivity index (χ0n) is 19.6. The number of nitrogens with zero attached hydrogens (tertiary/aromatic N) is 2. The summed E-state index contributed by atoms with van der Waals surface area (Å²) in [7, 11) is 3.22. The molecule has 0 aliphatic rings. The number of halogens is 1. The predicted molar refractivity (Wildman–Crippen MR) is 144 cm³/mol. The Morgan fingerprint density at radius 1 is 0.972 bits per heavy atom. The number of aromatic nitrogens is 1. The van der Waals surface area contributed by atoms with Crippen LogP contribution in [-0.2, 0) is 4.79 Å². The number of hydrogen-bond donors (Lipinski definition) is 1. The molecule has 0 fully saturated rings. The Kier molecular flexibility index (Phi) is 8.11. The third kappa shape index (κ3) is 5.98. The summed E-state index contributed by atoms with van der Waals surface area (Å²) < 4.78 is 10.5. The highest BCUT2D eigenvalue weighted by Crippen LogP contribution is 2.35. The van der Waals surface area contributed by atoms with Crippen molar-refractivity contribution < 1.29 is 14.3 Å². The van der Waals surface area contributed by atoms with E-state index in [1.54, 1.807) is 38.5 Å². The van der Waals surface area contributed by atoms with Crippen LogP contribution in [0, 0.1) is 11.3 Å². The van der Waals surface area contributed by atoms with Crippen LogP contribution in [-0.4, -0.2) is 30.9 Å². The Morgan fingerprint density at radius 3 is 2.19 bits per heavy atom. The van der Waals surface area contributed by atoms with Crippen LogP contribution < -0.4 is 14.8 Å². The number of amides is 1. The molecule has 6 nitrogen and oxygen atoms in total. The second-order valence-corrected chi connectivity index (χ2v) is 9.05. The number of pyridine rings is 1. The fourth-order valence-corrected chi connectivity index (χ4v) is 4.53. The smallest absolute Gasteiger partial charge is 0.234 e. The molecular formula is C28H22ClN3O3S. The minimum absolute atomic E-state index is 0.0717. The number of methoxy groups -OCH3 is 2. The quantitative estimate of drug-likeness (QED) is 0.263. The SMILES string of the molecule is COc1ccc(-c2cc(-c3ccc(OC)cc3)c(C#N)c(SCC(=O)Nc3cccc(Cl)c3)n2)cc1. The first-order chi connectivity index (χ1) is 17.5. The molecule has 4 rings (SSSR count). The van der Waals surface area contributed by atoms with Crippen LogP contribution >= 0.6 is 23.4 Å². The number of benzene rings is 3. The Labute approximate surface area is 218 Å². The molecule has 0 bridgehead atoms. The number of carbonyl (C=O) groups is 1. The van der Waals surface area contributed by atoms with Crippen molar-refractivity contribution in [2.45, 2.75) is 5.03 Å². The largest absolute Gasteiger partial charge is 0.497 e. The number of carbonyl (C=O) groups excluding carboxylic acids is 1. The monoisotopic (exact) mass is 515 g/mol. The lowest BCUT2D eigenvalue weighted by Crippen LogP contribution is -2.14. The number of nitriles is 1. The molecule has 1 N–H and O–H groups in total. The average Bonchev–Trinajstić information content (AvgIpc) is 2.91. The third-order valence-corrected chi connectivity index (χ3v) is 6.54. The van der Waals surface area contributed by atoms with Crippen molar-refractivity contribution in [3.05, 3.63) is 89.4 Å². The Morgan fingerprint density at radius 2 is 1.61 bits per heavy atom. The van der Waals surface area contributed by atoms with E-state index in [4.69, 9.17) is 26.1 Å². The molecular weight excluding hydrogens is 494 g/mol. The summed E-state index contributed by atoms with van der Waals surface area (Å²) in [5.41, 5.74) is 4.11. The van der Waals surface area contributed by atoms with Gasteiger partial charge in [-0.15, -0.1) is 0 Å². The van der Waals surface area contributed by atoms with Gasteiger partial charge in [-0.2, -0.15) is 5.26 Å². The zero-order valence-corrected chi connectivity index (χ0v) is 21.2. The Bertz CT molecular complexity index is 1420. The molecule has 8 heteroatoms. The summed E-state index contributed by atoms with van der Waals surface area (Å²) in [5.74, 6) is 1.29. The molecule has 1 aromatic heterocycles. The van der Waals surface area contributed by atoms with E-state index in [0.29, 0.717) is 32.7 Å². The lowest BCUT2D eigenvalue weighted by Gasteiger charge is -2.13. The van der Waals surface area contributed by atoms with E-state index in [2.05, 4.69) is 11.4 Å². The van der Waals surface area contributed by atoms with Crippen molar-refractivity contribution in [2.75, 3.05) is 25.3 Å². The number of hydrogen-bond acceptors (Lipinski definition) is 6. The maximum absolute atomic E-state index is 12.6. The number of rotatable bonds is 8. The Hall–Kier alpha value is -3.99. The van der Waals surface area contributed by atoms with Gasteiger partial charge in [0.2, 0.25) is 5.91 Å². The molecule has 1 amide bonds. The van der Waals surface area contributed by atoms with Crippen LogP contribution in [0.1, 0.15) is 5.56 Å². The van der Waals surface area contributed by atoms with Crippen molar-refractivity contribution in [1.29, 1.82) is 5.26 Å². The highest BCUT2D eigenvalue weighted by atomic mass is 35.5.